The molecule has 0 heterocycles. The lowest BCUT2D eigenvalue weighted by molar-refractivity contribution is -0.139. The minimum absolute atomic E-state index is 0.139. The highest BCUT2D eigenvalue weighted by Gasteiger charge is 2.15. The van der Waals surface area contributed by atoms with E-state index in [1.807, 2.05) is 0 Å². The molecule has 0 aliphatic carbocycles. The topological polar surface area (TPSA) is 43.4 Å². The van der Waals surface area contributed by atoms with E-state index >= 15 is 0 Å². The molecule has 0 aromatic heterocycles. The molecule has 1 aromatic rings. The average molecular weight is 275 g/mol. The van der Waals surface area contributed by atoms with Crippen LogP contribution in [0.15, 0.2) is 22.7 Å². The Kier molecular flexibility index (Phi) is 3.96. The predicted molar refractivity (Wildman–Crippen MR) is 55.1 cm³/mol. The molecule has 0 radical (unpaired) electrons. The number of ketones is 1. The van der Waals surface area contributed by atoms with Crippen LogP contribution >= 0.6 is 15.9 Å². The maximum absolute atomic E-state index is 12.8. The number of esters is 1. The van der Waals surface area contributed by atoms with E-state index in [1.165, 1.54) is 19.2 Å². The number of halogens is 2. The molecule has 80 valence electrons. The third kappa shape index (κ3) is 3.13. The highest BCUT2D eigenvalue weighted by Crippen LogP contribution is 2.19. The average Bonchev–Trinajstić information content (AvgIpc) is 2.21. The van der Waals surface area contributed by atoms with Crippen LogP contribution in [0.25, 0.3) is 0 Å². The first-order valence-corrected chi connectivity index (χ1v) is 4.89. The minimum atomic E-state index is -0.642. The summed E-state index contributed by atoms with van der Waals surface area (Å²) in [6.45, 7) is 0. The summed E-state index contributed by atoms with van der Waals surface area (Å²) in [5.74, 6) is -1.64. The normalized spacial score (nSPS) is 9.80. The standard InChI is InChI=1S/C10H8BrFO3/c1-15-10(14)5-9(13)7-4-6(12)2-3-8(7)11/h2-4H,5H2,1H3. The van der Waals surface area contributed by atoms with Crippen molar-refractivity contribution in [3.8, 4) is 0 Å². The first-order chi connectivity index (χ1) is 7.04. The maximum Gasteiger partial charge on any atom is 0.313 e. The fourth-order valence-electron chi connectivity index (χ4n) is 1.01. The zero-order chi connectivity index (χ0) is 11.4. The van der Waals surface area contributed by atoms with Gasteiger partial charge in [0.15, 0.2) is 5.78 Å². The van der Waals surface area contributed by atoms with Crippen LogP contribution in [0.4, 0.5) is 4.39 Å². The molecule has 0 saturated carbocycles. The summed E-state index contributed by atoms with van der Waals surface area (Å²) in [5.41, 5.74) is 0.139. The van der Waals surface area contributed by atoms with Gasteiger partial charge in [0.05, 0.1) is 7.11 Å². The van der Waals surface area contributed by atoms with Gasteiger partial charge < -0.3 is 4.74 Å². The van der Waals surface area contributed by atoms with Crippen LogP contribution in [0.5, 0.6) is 0 Å². The Hall–Kier alpha value is -1.23. The summed E-state index contributed by atoms with van der Waals surface area (Å²) in [6, 6.07) is 3.72. The second-order valence-corrected chi connectivity index (χ2v) is 3.65. The first-order valence-electron chi connectivity index (χ1n) is 4.09. The third-order valence-electron chi connectivity index (χ3n) is 1.76. The number of ether oxygens (including phenoxy) is 1. The quantitative estimate of drug-likeness (QED) is 0.483. The van der Waals surface area contributed by atoms with E-state index in [1.54, 1.807) is 0 Å². The highest BCUT2D eigenvalue weighted by atomic mass is 79.9. The van der Waals surface area contributed by atoms with Crippen molar-refractivity contribution in [2.45, 2.75) is 6.42 Å². The van der Waals surface area contributed by atoms with Crippen LogP contribution < -0.4 is 0 Å². The molecular formula is C10H8BrFO3. The number of hydrogen-bond donors (Lipinski definition) is 0. The van der Waals surface area contributed by atoms with Gasteiger partial charge in [0.2, 0.25) is 0 Å². The van der Waals surface area contributed by atoms with E-state index in [-0.39, 0.29) is 5.56 Å². The van der Waals surface area contributed by atoms with Gasteiger partial charge in [0.1, 0.15) is 12.2 Å². The second kappa shape index (κ2) is 5.02. The lowest BCUT2D eigenvalue weighted by Crippen LogP contribution is -2.10. The molecule has 0 aliphatic rings. The van der Waals surface area contributed by atoms with Crippen LogP contribution in [0, 0.1) is 5.82 Å². The summed E-state index contributed by atoms with van der Waals surface area (Å²) in [5, 5.41) is 0. The van der Waals surface area contributed by atoms with Crippen molar-refractivity contribution in [3.05, 3.63) is 34.1 Å². The molecule has 0 amide bonds. The van der Waals surface area contributed by atoms with Crippen LogP contribution in [0.3, 0.4) is 0 Å². The number of Topliss-reactive ketones (excluding diaryl/α,β-unsaturated/α-hetero) is 1. The van der Waals surface area contributed by atoms with Gasteiger partial charge in [0, 0.05) is 10.0 Å². The van der Waals surface area contributed by atoms with Gasteiger partial charge in [-0.25, -0.2) is 4.39 Å². The number of hydrogen-bond acceptors (Lipinski definition) is 3. The minimum Gasteiger partial charge on any atom is -0.469 e. The van der Waals surface area contributed by atoms with Gasteiger partial charge >= 0.3 is 5.97 Å². The van der Waals surface area contributed by atoms with Gasteiger partial charge in [-0.2, -0.15) is 0 Å². The van der Waals surface area contributed by atoms with Gasteiger partial charge in [-0.3, -0.25) is 9.59 Å². The lowest BCUT2D eigenvalue weighted by atomic mass is 10.1. The van der Waals surface area contributed by atoms with E-state index in [9.17, 15) is 14.0 Å². The third-order valence-corrected chi connectivity index (χ3v) is 2.45. The van der Waals surface area contributed by atoms with Crippen molar-refractivity contribution in [1.82, 2.24) is 0 Å². The van der Waals surface area contributed by atoms with Crippen LogP contribution in [0.2, 0.25) is 0 Å². The molecule has 1 rings (SSSR count). The monoisotopic (exact) mass is 274 g/mol. The fraction of sp³-hybridized carbons (Fsp3) is 0.200. The number of benzene rings is 1. The Morgan fingerprint density at radius 1 is 1.47 bits per heavy atom. The van der Waals surface area contributed by atoms with E-state index in [2.05, 4.69) is 20.7 Å². The molecular weight excluding hydrogens is 267 g/mol. The summed E-state index contributed by atoms with van der Waals surface area (Å²) >= 11 is 3.10. The van der Waals surface area contributed by atoms with Crippen LogP contribution in [-0.2, 0) is 9.53 Å². The highest BCUT2D eigenvalue weighted by molar-refractivity contribution is 9.10. The molecule has 0 fully saturated rings. The molecule has 15 heavy (non-hydrogen) atoms. The Balaban J connectivity index is 2.91. The fourth-order valence-corrected chi connectivity index (χ4v) is 1.48. The Morgan fingerprint density at radius 3 is 2.73 bits per heavy atom. The van der Waals surface area contributed by atoms with E-state index in [0.717, 1.165) is 6.07 Å². The molecule has 0 saturated heterocycles. The zero-order valence-corrected chi connectivity index (χ0v) is 9.51. The van der Waals surface area contributed by atoms with Crippen LogP contribution in [0.1, 0.15) is 16.8 Å². The first kappa shape index (κ1) is 11.8. The maximum atomic E-state index is 12.8. The van der Waals surface area contributed by atoms with Crippen LogP contribution in [-0.4, -0.2) is 18.9 Å². The number of methoxy groups -OCH3 is 1. The molecule has 5 heteroatoms. The van der Waals surface area contributed by atoms with Crippen molar-refractivity contribution in [2.24, 2.45) is 0 Å². The van der Waals surface area contributed by atoms with Crippen molar-refractivity contribution in [3.63, 3.8) is 0 Å². The van der Waals surface area contributed by atoms with Gasteiger partial charge in [-0.1, -0.05) is 15.9 Å². The molecule has 0 atom stereocenters. The molecule has 0 spiro atoms. The largest absolute Gasteiger partial charge is 0.469 e. The Bertz CT molecular complexity index is 404. The molecule has 0 bridgehead atoms. The number of carbonyl (C=O) groups excluding carboxylic acids is 2. The predicted octanol–water partition coefficient (Wildman–Crippen LogP) is 2.33. The molecule has 3 nitrogen and oxygen atoms in total. The Labute approximate surface area is 94.4 Å². The SMILES string of the molecule is COC(=O)CC(=O)c1cc(F)ccc1Br. The van der Waals surface area contributed by atoms with E-state index in [0.29, 0.717) is 4.47 Å². The number of rotatable bonds is 3. The van der Waals surface area contributed by atoms with Crippen molar-refractivity contribution >= 4 is 27.7 Å². The van der Waals surface area contributed by atoms with Crippen molar-refractivity contribution in [2.75, 3.05) is 7.11 Å². The summed E-state index contributed by atoms with van der Waals surface area (Å²) in [6.07, 6.45) is -0.390. The smallest absolute Gasteiger partial charge is 0.313 e. The molecule has 0 unspecified atom stereocenters. The summed E-state index contributed by atoms with van der Waals surface area (Å²) < 4.78 is 17.6. The summed E-state index contributed by atoms with van der Waals surface area (Å²) in [4.78, 5) is 22.3. The van der Waals surface area contributed by atoms with Crippen molar-refractivity contribution in [1.29, 1.82) is 0 Å². The molecule has 0 aliphatic heterocycles. The Morgan fingerprint density at radius 2 is 2.13 bits per heavy atom. The van der Waals surface area contributed by atoms with E-state index < -0.39 is 24.0 Å². The van der Waals surface area contributed by atoms with Gasteiger partial charge in [-0.15, -0.1) is 0 Å². The van der Waals surface area contributed by atoms with Gasteiger partial charge in [0.25, 0.3) is 0 Å². The van der Waals surface area contributed by atoms with E-state index in [4.69, 9.17) is 0 Å². The molecule has 1 aromatic carbocycles. The van der Waals surface area contributed by atoms with Crippen molar-refractivity contribution < 1.29 is 18.7 Å². The lowest BCUT2D eigenvalue weighted by Gasteiger charge is -2.02. The molecule has 0 N–H and O–H groups in total. The zero-order valence-electron chi connectivity index (χ0n) is 7.92. The second-order valence-electron chi connectivity index (χ2n) is 2.80. The number of carbonyl (C=O) groups is 2. The summed E-state index contributed by atoms with van der Waals surface area (Å²) in [7, 11) is 1.19. The van der Waals surface area contributed by atoms with Gasteiger partial charge in [-0.05, 0) is 18.2 Å².